The van der Waals surface area contributed by atoms with Crippen molar-refractivity contribution in [3.05, 3.63) is 59.3 Å². The van der Waals surface area contributed by atoms with Crippen molar-refractivity contribution in [1.82, 2.24) is 14.5 Å². The zero-order chi connectivity index (χ0) is 19.0. The number of amides is 1. The highest BCUT2D eigenvalue weighted by atomic mass is 19.3. The summed E-state index contributed by atoms with van der Waals surface area (Å²) >= 11 is 0. The number of hydrogen-bond acceptors (Lipinski definition) is 4. The Labute approximate surface area is 153 Å². The number of alkyl halides is 2. The van der Waals surface area contributed by atoms with Crippen LogP contribution in [0.5, 0.6) is 0 Å². The number of benzene rings is 1. The Morgan fingerprint density at radius 3 is 2.48 bits per heavy atom. The number of rotatable bonds is 3. The van der Waals surface area contributed by atoms with Gasteiger partial charge in [0, 0.05) is 49.4 Å². The summed E-state index contributed by atoms with van der Waals surface area (Å²) < 4.78 is 28.4. The van der Waals surface area contributed by atoms with Crippen LogP contribution in [0.4, 0.5) is 14.5 Å². The fraction of sp³-hybridized carbons (Fsp3) is 0.263. The maximum absolute atomic E-state index is 13.3. The van der Waals surface area contributed by atoms with Gasteiger partial charge < -0.3 is 9.47 Å². The average Bonchev–Trinajstić information content (AvgIpc) is 3.10. The van der Waals surface area contributed by atoms with Crippen LogP contribution in [0.1, 0.15) is 23.2 Å². The molecule has 0 spiro atoms. The normalized spacial score (nSPS) is 16.4. The van der Waals surface area contributed by atoms with E-state index in [0.29, 0.717) is 16.9 Å². The Morgan fingerprint density at radius 2 is 1.81 bits per heavy atom. The number of piperidine rings is 1. The molecule has 2 aromatic heterocycles. The van der Waals surface area contributed by atoms with Crippen LogP contribution in [0.15, 0.2) is 54.0 Å². The van der Waals surface area contributed by atoms with E-state index in [1.807, 2.05) is 16.8 Å². The fourth-order valence-corrected chi connectivity index (χ4v) is 3.24. The summed E-state index contributed by atoms with van der Waals surface area (Å²) in [7, 11) is 0. The van der Waals surface area contributed by atoms with Crippen LogP contribution < -0.4 is 0 Å². The van der Waals surface area contributed by atoms with E-state index in [1.165, 1.54) is 11.1 Å². The molecule has 0 aliphatic carbocycles. The molecule has 4 rings (SSSR count). The summed E-state index contributed by atoms with van der Waals surface area (Å²) in [4.78, 5) is 29.0. The Morgan fingerprint density at radius 1 is 1.11 bits per heavy atom. The van der Waals surface area contributed by atoms with Gasteiger partial charge in [0.25, 0.3) is 11.8 Å². The van der Waals surface area contributed by atoms with Gasteiger partial charge in [-0.25, -0.2) is 13.8 Å². The zero-order valence-electron chi connectivity index (χ0n) is 14.3. The van der Waals surface area contributed by atoms with Crippen LogP contribution in [0.3, 0.4) is 0 Å². The molecule has 27 heavy (non-hydrogen) atoms. The van der Waals surface area contributed by atoms with Crippen molar-refractivity contribution < 1.29 is 13.6 Å². The van der Waals surface area contributed by atoms with Gasteiger partial charge in [0.1, 0.15) is 11.3 Å². The monoisotopic (exact) mass is 370 g/mol. The van der Waals surface area contributed by atoms with Crippen molar-refractivity contribution in [3.63, 3.8) is 0 Å². The lowest BCUT2D eigenvalue weighted by Crippen LogP contribution is -2.42. The molecule has 1 amide bonds. The Bertz CT molecular complexity index is 1000. The standard InChI is InChI=1S/C19H16F2N4O2/c20-19(21)6-9-24(10-7-19)18(26)14-11-13-5-8-25(17(13)22-12-14)16-3-1-15(23-27)2-4-16/h1-5,8,11-12H,6-7,9-10H2. The van der Waals surface area contributed by atoms with Gasteiger partial charge in [0.2, 0.25) is 0 Å². The molecule has 1 aliphatic heterocycles. The van der Waals surface area contributed by atoms with Gasteiger partial charge in [-0.15, -0.1) is 4.91 Å². The highest BCUT2D eigenvalue weighted by Crippen LogP contribution is 2.29. The smallest absolute Gasteiger partial charge is 0.255 e. The second kappa shape index (κ2) is 6.53. The minimum Gasteiger partial charge on any atom is -0.338 e. The summed E-state index contributed by atoms with van der Waals surface area (Å²) in [6.45, 7) is 0.0873. The molecule has 1 fully saturated rings. The van der Waals surface area contributed by atoms with Gasteiger partial charge in [-0.1, -0.05) is 0 Å². The van der Waals surface area contributed by atoms with Crippen LogP contribution in [0.2, 0.25) is 0 Å². The topological polar surface area (TPSA) is 67.6 Å². The first-order valence-electron chi connectivity index (χ1n) is 8.55. The maximum atomic E-state index is 13.3. The van der Waals surface area contributed by atoms with Gasteiger partial charge in [0.05, 0.1) is 5.56 Å². The third kappa shape index (κ3) is 3.30. The summed E-state index contributed by atoms with van der Waals surface area (Å²) in [5.41, 5.74) is 2.18. The Kier molecular flexibility index (Phi) is 4.18. The first-order chi connectivity index (χ1) is 13.0. The molecule has 1 aromatic carbocycles. The van der Waals surface area contributed by atoms with Crippen molar-refractivity contribution in [2.24, 2.45) is 5.18 Å². The molecule has 0 saturated carbocycles. The molecule has 0 bridgehead atoms. The molecule has 8 heteroatoms. The largest absolute Gasteiger partial charge is 0.338 e. The van der Waals surface area contributed by atoms with Crippen LogP contribution >= 0.6 is 0 Å². The summed E-state index contributed by atoms with van der Waals surface area (Å²) in [6, 6.07) is 10.3. The minimum atomic E-state index is -2.69. The average molecular weight is 370 g/mol. The van der Waals surface area contributed by atoms with Crippen LogP contribution in [0, 0.1) is 4.91 Å². The van der Waals surface area contributed by atoms with E-state index >= 15 is 0 Å². The van der Waals surface area contributed by atoms with Crippen molar-refractivity contribution in [2.75, 3.05) is 13.1 Å². The molecule has 3 heterocycles. The van der Waals surface area contributed by atoms with E-state index in [9.17, 15) is 18.5 Å². The lowest BCUT2D eigenvalue weighted by molar-refractivity contribution is -0.0494. The van der Waals surface area contributed by atoms with E-state index in [4.69, 9.17) is 0 Å². The first-order valence-corrected chi connectivity index (χ1v) is 8.55. The Balaban J connectivity index is 1.60. The molecular weight excluding hydrogens is 354 g/mol. The maximum Gasteiger partial charge on any atom is 0.255 e. The lowest BCUT2D eigenvalue weighted by atomic mass is 10.1. The van der Waals surface area contributed by atoms with Gasteiger partial charge >= 0.3 is 0 Å². The van der Waals surface area contributed by atoms with E-state index in [-0.39, 0.29) is 31.8 Å². The molecule has 3 aromatic rings. The van der Waals surface area contributed by atoms with Crippen molar-refractivity contribution in [2.45, 2.75) is 18.8 Å². The number of pyridine rings is 1. The molecule has 0 unspecified atom stereocenters. The van der Waals surface area contributed by atoms with Crippen LogP contribution in [-0.2, 0) is 0 Å². The van der Waals surface area contributed by atoms with E-state index in [2.05, 4.69) is 10.2 Å². The summed E-state index contributed by atoms with van der Waals surface area (Å²) in [6.07, 6.45) is 2.67. The van der Waals surface area contributed by atoms with Crippen molar-refractivity contribution in [3.8, 4) is 5.69 Å². The highest BCUT2D eigenvalue weighted by molar-refractivity contribution is 5.97. The molecule has 0 radical (unpaired) electrons. The number of nitrogens with zero attached hydrogens (tertiary/aromatic N) is 4. The molecule has 138 valence electrons. The van der Waals surface area contributed by atoms with Crippen LogP contribution in [-0.4, -0.2) is 39.4 Å². The zero-order valence-corrected chi connectivity index (χ0v) is 14.3. The third-order valence-corrected chi connectivity index (χ3v) is 4.79. The van der Waals surface area contributed by atoms with Gasteiger partial charge in [-0.05, 0) is 41.6 Å². The van der Waals surface area contributed by atoms with E-state index in [0.717, 1.165) is 11.1 Å². The van der Waals surface area contributed by atoms with Gasteiger partial charge in [0.15, 0.2) is 0 Å². The number of aromatic nitrogens is 2. The summed E-state index contributed by atoms with van der Waals surface area (Å²) in [5, 5.41) is 3.64. The molecular formula is C19H16F2N4O2. The van der Waals surface area contributed by atoms with E-state index < -0.39 is 5.92 Å². The fourth-order valence-electron chi connectivity index (χ4n) is 3.24. The second-order valence-electron chi connectivity index (χ2n) is 6.58. The van der Waals surface area contributed by atoms with Gasteiger partial charge in [-0.3, -0.25) is 4.79 Å². The first kappa shape index (κ1) is 17.3. The van der Waals surface area contributed by atoms with E-state index in [1.54, 1.807) is 30.3 Å². The van der Waals surface area contributed by atoms with Gasteiger partial charge in [-0.2, -0.15) is 0 Å². The van der Waals surface area contributed by atoms with Crippen molar-refractivity contribution in [1.29, 1.82) is 0 Å². The number of carbonyl (C=O) groups is 1. The Hall–Kier alpha value is -3.16. The predicted molar refractivity (Wildman–Crippen MR) is 96.6 cm³/mol. The summed E-state index contributed by atoms with van der Waals surface area (Å²) in [5.74, 6) is -2.97. The molecule has 0 atom stereocenters. The highest BCUT2D eigenvalue weighted by Gasteiger charge is 2.35. The quantitative estimate of drug-likeness (QED) is 0.646. The molecule has 0 N–H and O–H groups in total. The number of hydrogen-bond donors (Lipinski definition) is 0. The molecule has 6 nitrogen and oxygen atoms in total. The van der Waals surface area contributed by atoms with Crippen molar-refractivity contribution >= 4 is 22.6 Å². The molecule has 1 saturated heterocycles. The number of fused-ring (bicyclic) bond motifs is 1. The third-order valence-electron chi connectivity index (χ3n) is 4.79. The predicted octanol–water partition coefficient (Wildman–Crippen LogP) is 4.29. The number of halogens is 2. The second-order valence-corrected chi connectivity index (χ2v) is 6.58. The number of carbonyl (C=O) groups excluding carboxylic acids is 1. The number of nitroso groups, excluding NO2 is 1. The SMILES string of the molecule is O=Nc1ccc(-n2ccc3cc(C(=O)N4CCC(F)(F)CC4)cnc32)cc1. The van der Waals surface area contributed by atoms with Crippen LogP contribution in [0.25, 0.3) is 16.7 Å². The minimum absolute atomic E-state index is 0.0436. The molecule has 1 aliphatic rings. The number of likely N-dealkylation sites (tertiary alicyclic amines) is 1. The lowest BCUT2D eigenvalue weighted by Gasteiger charge is -2.31.